The molecule has 0 spiro atoms. The zero-order valence-electron chi connectivity index (χ0n) is 16.3. The summed E-state index contributed by atoms with van der Waals surface area (Å²) in [5, 5.41) is 0. The Kier molecular flexibility index (Phi) is 14.0. The van der Waals surface area contributed by atoms with Gasteiger partial charge in [0, 0.05) is 12.4 Å². The van der Waals surface area contributed by atoms with Crippen molar-refractivity contribution in [3.8, 4) is 0 Å². The lowest BCUT2D eigenvalue weighted by Gasteiger charge is -2.05. The Labute approximate surface area is 154 Å². The van der Waals surface area contributed by atoms with Crippen LogP contribution >= 0.6 is 0 Å². The molecule has 0 radical (unpaired) electrons. The first-order chi connectivity index (χ1) is 12.3. The Hall–Kier alpha value is -1.32. The summed E-state index contributed by atoms with van der Waals surface area (Å²) in [6, 6.07) is 0. The van der Waals surface area contributed by atoms with E-state index in [0.717, 1.165) is 12.8 Å². The van der Waals surface area contributed by atoms with Crippen molar-refractivity contribution in [1.82, 2.24) is 9.55 Å². The Morgan fingerprint density at radius 2 is 1.28 bits per heavy atom. The van der Waals surface area contributed by atoms with Crippen LogP contribution in [0.25, 0.3) is 0 Å². The minimum Gasteiger partial charge on any atom is -0.449 e. The highest BCUT2D eigenvalue weighted by molar-refractivity contribution is 5.69. The molecule has 0 aliphatic heterocycles. The van der Waals surface area contributed by atoms with Crippen molar-refractivity contribution < 1.29 is 9.53 Å². The van der Waals surface area contributed by atoms with E-state index in [4.69, 9.17) is 4.74 Å². The third-order valence-corrected chi connectivity index (χ3v) is 4.69. The van der Waals surface area contributed by atoms with Gasteiger partial charge in [0.05, 0.1) is 6.61 Å². The summed E-state index contributed by atoms with van der Waals surface area (Å²) in [5.41, 5.74) is 0. The van der Waals surface area contributed by atoms with E-state index in [1.165, 1.54) is 94.4 Å². The van der Waals surface area contributed by atoms with Gasteiger partial charge in [-0.05, 0) is 6.42 Å². The number of nitrogens with zero attached hydrogens (tertiary/aromatic N) is 2. The molecule has 1 aromatic heterocycles. The number of rotatable bonds is 16. The first-order valence-corrected chi connectivity index (χ1v) is 10.5. The predicted molar refractivity (Wildman–Crippen MR) is 104 cm³/mol. The summed E-state index contributed by atoms with van der Waals surface area (Å²) in [6.45, 7) is 2.78. The van der Waals surface area contributed by atoms with E-state index in [0.29, 0.717) is 6.61 Å². The van der Waals surface area contributed by atoms with Crippen LogP contribution in [-0.4, -0.2) is 22.3 Å². The molecule has 0 saturated carbocycles. The molecule has 0 unspecified atom stereocenters. The van der Waals surface area contributed by atoms with Crippen LogP contribution in [0.3, 0.4) is 0 Å². The average Bonchev–Trinajstić information content (AvgIpc) is 3.16. The maximum Gasteiger partial charge on any atom is 0.419 e. The number of imidazole rings is 1. The lowest BCUT2D eigenvalue weighted by molar-refractivity contribution is 0.145. The molecule has 0 N–H and O–H groups in total. The first kappa shape index (κ1) is 21.7. The molecule has 1 aromatic rings. The summed E-state index contributed by atoms with van der Waals surface area (Å²) in [7, 11) is 0. The number of hydrogen-bond acceptors (Lipinski definition) is 3. The lowest BCUT2D eigenvalue weighted by atomic mass is 10.0. The zero-order chi connectivity index (χ0) is 18.0. The van der Waals surface area contributed by atoms with E-state index in [1.54, 1.807) is 12.4 Å². The van der Waals surface area contributed by atoms with Gasteiger partial charge in [0.1, 0.15) is 6.33 Å². The van der Waals surface area contributed by atoms with Gasteiger partial charge in [0.25, 0.3) is 0 Å². The Morgan fingerprint density at radius 3 is 1.72 bits per heavy atom. The van der Waals surface area contributed by atoms with E-state index in [1.807, 2.05) is 0 Å². The summed E-state index contributed by atoms with van der Waals surface area (Å²) in [4.78, 5) is 15.4. The molecule has 4 nitrogen and oxygen atoms in total. The highest BCUT2D eigenvalue weighted by atomic mass is 16.5. The Balaban J connectivity index is 1.73. The quantitative estimate of drug-likeness (QED) is 0.310. The fourth-order valence-corrected chi connectivity index (χ4v) is 3.07. The van der Waals surface area contributed by atoms with Crippen molar-refractivity contribution in [2.75, 3.05) is 6.61 Å². The smallest absolute Gasteiger partial charge is 0.419 e. The summed E-state index contributed by atoms with van der Waals surface area (Å²) >= 11 is 0. The van der Waals surface area contributed by atoms with Gasteiger partial charge in [0.15, 0.2) is 0 Å². The van der Waals surface area contributed by atoms with Crippen LogP contribution in [0.4, 0.5) is 4.79 Å². The van der Waals surface area contributed by atoms with Gasteiger partial charge in [-0.3, -0.25) is 0 Å². The van der Waals surface area contributed by atoms with Gasteiger partial charge in [-0.25, -0.2) is 14.3 Å². The molecule has 0 atom stereocenters. The molecular formula is C21H38N2O2. The average molecular weight is 351 g/mol. The molecule has 0 amide bonds. The Morgan fingerprint density at radius 1 is 0.800 bits per heavy atom. The summed E-state index contributed by atoms with van der Waals surface area (Å²) in [5.74, 6) is 0. The second-order valence-corrected chi connectivity index (χ2v) is 7.03. The summed E-state index contributed by atoms with van der Waals surface area (Å²) < 4.78 is 6.55. The van der Waals surface area contributed by atoms with E-state index < -0.39 is 0 Å². The molecule has 0 fully saturated rings. The van der Waals surface area contributed by atoms with Crippen molar-refractivity contribution in [2.24, 2.45) is 0 Å². The number of aromatic nitrogens is 2. The fraction of sp³-hybridized carbons (Fsp3) is 0.810. The molecule has 25 heavy (non-hydrogen) atoms. The first-order valence-electron chi connectivity index (χ1n) is 10.5. The van der Waals surface area contributed by atoms with Crippen LogP contribution in [-0.2, 0) is 4.74 Å². The Bertz CT molecular complexity index is 404. The lowest BCUT2D eigenvalue weighted by Crippen LogP contribution is -2.12. The van der Waals surface area contributed by atoms with Crippen molar-refractivity contribution in [3.63, 3.8) is 0 Å². The van der Waals surface area contributed by atoms with Gasteiger partial charge in [0.2, 0.25) is 0 Å². The second kappa shape index (κ2) is 16.2. The van der Waals surface area contributed by atoms with Gasteiger partial charge in [-0.15, -0.1) is 0 Å². The van der Waals surface area contributed by atoms with Crippen molar-refractivity contribution in [2.45, 2.75) is 103 Å². The van der Waals surface area contributed by atoms with Crippen molar-refractivity contribution in [3.05, 3.63) is 18.7 Å². The van der Waals surface area contributed by atoms with E-state index in [9.17, 15) is 4.79 Å². The topological polar surface area (TPSA) is 44.1 Å². The normalized spacial score (nSPS) is 10.9. The van der Waals surface area contributed by atoms with E-state index in [2.05, 4.69) is 11.9 Å². The van der Waals surface area contributed by atoms with Gasteiger partial charge >= 0.3 is 6.09 Å². The van der Waals surface area contributed by atoms with Gasteiger partial charge in [-0.1, -0.05) is 96.8 Å². The highest BCUT2D eigenvalue weighted by Crippen LogP contribution is 2.13. The molecular weight excluding hydrogens is 312 g/mol. The van der Waals surface area contributed by atoms with Crippen LogP contribution in [0.5, 0.6) is 0 Å². The number of carbonyl (C=O) groups is 1. The van der Waals surface area contributed by atoms with Crippen molar-refractivity contribution in [1.29, 1.82) is 0 Å². The number of hydrogen-bond donors (Lipinski definition) is 0. The molecule has 0 aliphatic carbocycles. The highest BCUT2D eigenvalue weighted by Gasteiger charge is 2.03. The molecule has 0 aliphatic rings. The second-order valence-electron chi connectivity index (χ2n) is 7.03. The minimum atomic E-state index is -0.331. The van der Waals surface area contributed by atoms with Gasteiger partial charge in [-0.2, -0.15) is 0 Å². The van der Waals surface area contributed by atoms with Crippen LogP contribution < -0.4 is 0 Å². The fourth-order valence-electron chi connectivity index (χ4n) is 3.07. The number of unbranched alkanes of at least 4 members (excludes halogenated alkanes) is 14. The molecule has 1 heterocycles. The molecule has 0 saturated heterocycles. The van der Waals surface area contributed by atoms with Gasteiger partial charge < -0.3 is 4.74 Å². The molecule has 0 bridgehead atoms. The number of carbonyl (C=O) groups excluding carboxylic acids is 1. The largest absolute Gasteiger partial charge is 0.449 e. The van der Waals surface area contributed by atoms with E-state index in [-0.39, 0.29) is 6.09 Å². The molecule has 4 heteroatoms. The maximum atomic E-state index is 11.6. The molecule has 1 rings (SSSR count). The monoisotopic (exact) mass is 350 g/mol. The standard InChI is InChI=1S/C21H38N2O2/c1-2-3-4-5-6-7-8-9-10-11-12-13-14-15-16-19-25-21(24)23-18-17-22-20-23/h17-18,20H,2-16,19H2,1H3. The van der Waals surface area contributed by atoms with E-state index >= 15 is 0 Å². The third kappa shape index (κ3) is 12.7. The van der Waals surface area contributed by atoms with Crippen LogP contribution in [0.2, 0.25) is 0 Å². The number of ether oxygens (including phenoxy) is 1. The van der Waals surface area contributed by atoms with Crippen molar-refractivity contribution >= 4 is 6.09 Å². The molecule has 144 valence electrons. The molecule has 0 aromatic carbocycles. The minimum absolute atomic E-state index is 0.331. The zero-order valence-corrected chi connectivity index (χ0v) is 16.3. The van der Waals surface area contributed by atoms with Crippen LogP contribution in [0.15, 0.2) is 18.7 Å². The SMILES string of the molecule is CCCCCCCCCCCCCCCCCOC(=O)n1ccnc1. The summed E-state index contributed by atoms with van der Waals surface area (Å²) in [6.07, 6.45) is 24.4. The van der Waals surface area contributed by atoms with Crippen LogP contribution in [0, 0.1) is 0 Å². The van der Waals surface area contributed by atoms with Crippen LogP contribution in [0.1, 0.15) is 103 Å². The third-order valence-electron chi connectivity index (χ3n) is 4.69. The maximum absolute atomic E-state index is 11.6. The predicted octanol–water partition coefficient (Wildman–Crippen LogP) is 6.74.